The number of nitrogens with zero attached hydrogens (tertiary/aromatic N) is 2. The van der Waals surface area contributed by atoms with Gasteiger partial charge in [-0.2, -0.15) is 0 Å². The highest BCUT2D eigenvalue weighted by atomic mass is 16.3. The summed E-state index contributed by atoms with van der Waals surface area (Å²) in [6, 6.07) is 20.7. The fraction of sp³-hybridized carbons (Fsp3) is 0.222. The highest BCUT2D eigenvalue weighted by molar-refractivity contribution is 5.96. The minimum atomic E-state index is -0.235. The van der Waals surface area contributed by atoms with E-state index in [0.29, 0.717) is 12.3 Å². The zero-order valence-electron chi connectivity index (χ0n) is 18.1. The summed E-state index contributed by atoms with van der Waals surface area (Å²) in [6.07, 6.45) is 8.97. The Morgan fingerprint density at radius 1 is 1.09 bits per heavy atom. The molecule has 1 amide bonds. The predicted molar refractivity (Wildman–Crippen MR) is 127 cm³/mol. The summed E-state index contributed by atoms with van der Waals surface area (Å²) < 4.78 is 5.30. The fourth-order valence-corrected chi connectivity index (χ4v) is 5.28. The second-order valence-corrected chi connectivity index (χ2v) is 8.94. The van der Waals surface area contributed by atoms with E-state index >= 15 is 0 Å². The minimum absolute atomic E-state index is 0.0118. The zero-order valence-corrected chi connectivity index (χ0v) is 18.1. The van der Waals surface area contributed by atoms with Crippen molar-refractivity contribution in [3.05, 3.63) is 107 Å². The highest BCUT2D eigenvalue weighted by Crippen LogP contribution is 2.41. The molecule has 3 aliphatic rings. The van der Waals surface area contributed by atoms with Gasteiger partial charge in [-0.1, -0.05) is 54.6 Å². The smallest absolute Gasteiger partial charge is 0.287 e. The molecule has 1 aliphatic carbocycles. The van der Waals surface area contributed by atoms with Gasteiger partial charge in [0.2, 0.25) is 0 Å². The molecule has 0 saturated carbocycles. The Hall–Kier alpha value is -3.93. The third-order valence-electron chi connectivity index (χ3n) is 6.96. The van der Waals surface area contributed by atoms with Gasteiger partial charge in [-0.3, -0.25) is 9.79 Å². The molecule has 0 bridgehead atoms. The monoisotopic (exact) mass is 436 g/mol. The molecular weight excluding hydrogens is 412 g/mol. The summed E-state index contributed by atoms with van der Waals surface area (Å²) in [6.45, 7) is 0.524. The number of amidine groups is 1. The highest BCUT2D eigenvalue weighted by Gasteiger charge is 2.40. The van der Waals surface area contributed by atoms with E-state index in [4.69, 9.17) is 9.41 Å². The molecule has 0 fully saturated rings. The number of hydrogen-bond acceptors (Lipinski definition) is 5. The van der Waals surface area contributed by atoms with Gasteiger partial charge in [-0.15, -0.1) is 0 Å². The Morgan fingerprint density at radius 2 is 1.94 bits per heavy atom. The van der Waals surface area contributed by atoms with Crippen LogP contribution in [0.3, 0.4) is 0 Å². The fourth-order valence-electron chi connectivity index (χ4n) is 5.28. The lowest BCUT2D eigenvalue weighted by molar-refractivity contribution is 0.0915. The Labute approximate surface area is 192 Å². The lowest BCUT2D eigenvalue weighted by atomic mass is 9.76. The molecule has 3 heterocycles. The summed E-state index contributed by atoms with van der Waals surface area (Å²) in [5.74, 6) is 1.21. The molecule has 33 heavy (non-hydrogen) atoms. The van der Waals surface area contributed by atoms with Gasteiger partial charge in [0, 0.05) is 12.0 Å². The van der Waals surface area contributed by atoms with Crippen molar-refractivity contribution in [3.63, 3.8) is 0 Å². The van der Waals surface area contributed by atoms with E-state index in [1.54, 1.807) is 18.5 Å². The molecule has 0 radical (unpaired) electrons. The van der Waals surface area contributed by atoms with Gasteiger partial charge < -0.3 is 15.1 Å². The molecule has 2 N–H and O–H groups in total. The van der Waals surface area contributed by atoms with Crippen molar-refractivity contribution in [3.8, 4) is 0 Å². The number of rotatable bonds is 5. The molecule has 2 unspecified atom stereocenters. The van der Waals surface area contributed by atoms with Crippen molar-refractivity contribution in [1.29, 1.82) is 0 Å². The topological polar surface area (TPSA) is 79.0 Å². The standard InChI is InChI=1S/C27H24N4O2/c32-26(23-9-4-12-33-23)29-16-27(14-19-5-1-2-6-20(19)15-27)21-8-3-7-18(13-21)24-22-10-11-28-25(22)31-17-30-24/h1-13,17,22,24H,14-16H2,(H,29,32)(H,28,30,31). The molecule has 6 rings (SSSR count). The van der Waals surface area contributed by atoms with E-state index < -0.39 is 0 Å². The number of nitrogens with one attached hydrogen (secondary N) is 2. The molecule has 164 valence electrons. The maximum absolute atomic E-state index is 12.7. The Balaban J connectivity index is 1.34. The molecule has 3 aromatic rings. The summed E-state index contributed by atoms with van der Waals surface area (Å²) >= 11 is 0. The van der Waals surface area contributed by atoms with Crippen molar-refractivity contribution in [2.75, 3.05) is 6.54 Å². The molecule has 0 spiro atoms. The van der Waals surface area contributed by atoms with E-state index in [1.165, 1.54) is 23.0 Å². The van der Waals surface area contributed by atoms with Crippen LogP contribution in [0, 0.1) is 5.92 Å². The first-order valence-corrected chi connectivity index (χ1v) is 11.2. The van der Waals surface area contributed by atoms with Crippen LogP contribution < -0.4 is 10.6 Å². The average Bonchev–Trinajstić information content (AvgIpc) is 3.62. The van der Waals surface area contributed by atoms with Crippen LogP contribution in [0.2, 0.25) is 0 Å². The molecule has 0 saturated heterocycles. The lowest BCUT2D eigenvalue weighted by Crippen LogP contribution is -2.41. The Morgan fingerprint density at radius 3 is 2.73 bits per heavy atom. The maximum Gasteiger partial charge on any atom is 0.287 e. The third-order valence-corrected chi connectivity index (χ3v) is 6.96. The summed E-state index contributed by atoms with van der Waals surface area (Å²) in [4.78, 5) is 21.8. The van der Waals surface area contributed by atoms with Crippen molar-refractivity contribution < 1.29 is 9.21 Å². The van der Waals surface area contributed by atoms with E-state index in [-0.39, 0.29) is 23.3 Å². The van der Waals surface area contributed by atoms with Crippen molar-refractivity contribution >= 4 is 18.1 Å². The second kappa shape index (κ2) is 7.89. The first-order chi connectivity index (χ1) is 16.2. The van der Waals surface area contributed by atoms with Crippen LogP contribution in [-0.4, -0.2) is 24.6 Å². The Bertz CT molecular complexity index is 1260. The second-order valence-electron chi connectivity index (χ2n) is 8.94. The van der Waals surface area contributed by atoms with E-state index in [9.17, 15) is 4.79 Å². The van der Waals surface area contributed by atoms with Gasteiger partial charge in [0.25, 0.3) is 5.91 Å². The number of fused-ring (bicyclic) bond motifs is 2. The average molecular weight is 437 g/mol. The van der Waals surface area contributed by atoms with E-state index in [2.05, 4.69) is 70.2 Å². The first-order valence-electron chi connectivity index (χ1n) is 11.2. The SMILES string of the molecule is O=C(NCC1(c2cccc(C3N=CN=C4NC=CC43)c2)Cc2ccccc2C1)c1ccco1. The molecule has 1 aromatic heterocycles. The molecule has 2 atom stereocenters. The quantitative estimate of drug-likeness (QED) is 0.635. The number of furan rings is 1. The van der Waals surface area contributed by atoms with Crippen LogP contribution in [0.5, 0.6) is 0 Å². The van der Waals surface area contributed by atoms with Gasteiger partial charge in [0.05, 0.1) is 18.2 Å². The van der Waals surface area contributed by atoms with Crippen LogP contribution in [0.1, 0.15) is 38.9 Å². The molecule has 2 aromatic carbocycles. The molecule has 2 aliphatic heterocycles. The van der Waals surface area contributed by atoms with E-state index in [1.807, 2.05) is 6.20 Å². The number of amides is 1. The van der Waals surface area contributed by atoms with Crippen molar-refractivity contribution in [2.45, 2.75) is 24.3 Å². The van der Waals surface area contributed by atoms with Crippen molar-refractivity contribution in [2.24, 2.45) is 15.9 Å². The van der Waals surface area contributed by atoms with E-state index in [0.717, 1.165) is 24.2 Å². The molecule has 6 nitrogen and oxygen atoms in total. The van der Waals surface area contributed by atoms with Gasteiger partial charge in [-0.25, -0.2) is 4.99 Å². The summed E-state index contributed by atoms with van der Waals surface area (Å²) in [5, 5.41) is 6.35. The summed E-state index contributed by atoms with van der Waals surface area (Å²) in [5.41, 5.74) is 4.81. The van der Waals surface area contributed by atoms with Gasteiger partial charge in [-0.05, 0) is 53.4 Å². The number of aliphatic imine (C=N–C) groups is 2. The van der Waals surface area contributed by atoms with Crippen LogP contribution in [0.4, 0.5) is 0 Å². The van der Waals surface area contributed by atoms with Crippen LogP contribution in [0.15, 0.2) is 93.6 Å². The molecular formula is C27H24N4O2. The largest absolute Gasteiger partial charge is 0.459 e. The maximum atomic E-state index is 12.7. The number of carbonyl (C=O) groups excluding carboxylic acids is 1. The van der Waals surface area contributed by atoms with Crippen molar-refractivity contribution in [1.82, 2.24) is 10.6 Å². The zero-order chi connectivity index (χ0) is 22.3. The minimum Gasteiger partial charge on any atom is -0.459 e. The Kier molecular flexibility index (Phi) is 4.72. The first kappa shape index (κ1) is 19.7. The van der Waals surface area contributed by atoms with Gasteiger partial charge in [0.1, 0.15) is 12.2 Å². The van der Waals surface area contributed by atoms with Crippen LogP contribution >= 0.6 is 0 Å². The number of carbonyl (C=O) groups is 1. The van der Waals surface area contributed by atoms with Gasteiger partial charge >= 0.3 is 0 Å². The lowest BCUT2D eigenvalue weighted by Gasteiger charge is -2.31. The predicted octanol–water partition coefficient (Wildman–Crippen LogP) is 3.96. The van der Waals surface area contributed by atoms with Crippen LogP contribution in [-0.2, 0) is 18.3 Å². The summed E-state index contributed by atoms with van der Waals surface area (Å²) in [7, 11) is 0. The number of hydrogen-bond donors (Lipinski definition) is 2. The normalized spacial score (nSPS) is 21.8. The van der Waals surface area contributed by atoms with Gasteiger partial charge in [0.15, 0.2) is 5.76 Å². The molecule has 6 heteroatoms. The third kappa shape index (κ3) is 3.48. The van der Waals surface area contributed by atoms with Crippen LogP contribution in [0.25, 0.3) is 0 Å². The number of benzene rings is 2.